The Kier molecular flexibility index (Phi) is 4.14. The SMILES string of the molecule is CC(=O)c1ccc(NS(=O)(=O)c2ccc(C)cc2C)cc1. The number of ketones is 1. The van der Waals surface area contributed by atoms with E-state index in [9.17, 15) is 13.2 Å². The fraction of sp³-hybridized carbons (Fsp3) is 0.188. The van der Waals surface area contributed by atoms with Crippen molar-refractivity contribution in [2.45, 2.75) is 25.7 Å². The van der Waals surface area contributed by atoms with Crippen molar-refractivity contribution in [3.63, 3.8) is 0 Å². The molecule has 0 aliphatic carbocycles. The number of hydrogen-bond acceptors (Lipinski definition) is 3. The van der Waals surface area contributed by atoms with Crippen LogP contribution in [0.25, 0.3) is 0 Å². The van der Waals surface area contributed by atoms with Crippen LogP contribution < -0.4 is 4.72 Å². The maximum Gasteiger partial charge on any atom is 0.262 e. The number of aryl methyl sites for hydroxylation is 2. The summed E-state index contributed by atoms with van der Waals surface area (Å²) in [5.74, 6) is -0.0567. The molecule has 0 aliphatic heterocycles. The van der Waals surface area contributed by atoms with Crippen LogP contribution in [-0.2, 0) is 10.0 Å². The van der Waals surface area contributed by atoms with Gasteiger partial charge in [-0.25, -0.2) is 8.42 Å². The average Bonchev–Trinajstić information content (AvgIpc) is 2.38. The van der Waals surface area contributed by atoms with E-state index in [1.807, 2.05) is 13.0 Å². The molecule has 110 valence electrons. The van der Waals surface area contributed by atoms with E-state index >= 15 is 0 Å². The number of benzene rings is 2. The summed E-state index contributed by atoms with van der Waals surface area (Å²) >= 11 is 0. The molecule has 0 aromatic heterocycles. The normalized spacial score (nSPS) is 11.2. The van der Waals surface area contributed by atoms with Crippen molar-refractivity contribution in [2.75, 3.05) is 4.72 Å². The van der Waals surface area contributed by atoms with Crippen LogP contribution in [0.4, 0.5) is 5.69 Å². The maximum atomic E-state index is 12.4. The van der Waals surface area contributed by atoms with Gasteiger partial charge in [0.2, 0.25) is 0 Å². The van der Waals surface area contributed by atoms with E-state index in [4.69, 9.17) is 0 Å². The van der Waals surface area contributed by atoms with Gasteiger partial charge in [0.15, 0.2) is 5.78 Å². The minimum atomic E-state index is -3.63. The van der Waals surface area contributed by atoms with Crippen molar-refractivity contribution < 1.29 is 13.2 Å². The van der Waals surface area contributed by atoms with E-state index in [1.54, 1.807) is 43.3 Å². The summed E-state index contributed by atoms with van der Waals surface area (Å²) in [5, 5.41) is 0. The molecule has 0 spiro atoms. The molecule has 0 bridgehead atoms. The van der Waals surface area contributed by atoms with Crippen LogP contribution in [0, 0.1) is 13.8 Å². The molecule has 0 atom stereocenters. The monoisotopic (exact) mass is 303 g/mol. The summed E-state index contributed by atoms with van der Waals surface area (Å²) in [6.45, 7) is 5.15. The van der Waals surface area contributed by atoms with Gasteiger partial charge >= 0.3 is 0 Å². The van der Waals surface area contributed by atoms with Gasteiger partial charge in [0, 0.05) is 11.3 Å². The summed E-state index contributed by atoms with van der Waals surface area (Å²) in [4.78, 5) is 11.5. The number of carbonyl (C=O) groups is 1. The zero-order valence-corrected chi connectivity index (χ0v) is 13.0. The summed E-state index contributed by atoms with van der Waals surface area (Å²) in [6.07, 6.45) is 0. The third kappa shape index (κ3) is 3.49. The molecule has 1 N–H and O–H groups in total. The molecule has 0 heterocycles. The molecule has 0 aliphatic rings. The summed E-state index contributed by atoms with van der Waals surface area (Å²) in [5.41, 5.74) is 2.68. The van der Waals surface area contributed by atoms with Crippen LogP contribution in [-0.4, -0.2) is 14.2 Å². The van der Waals surface area contributed by atoms with Crippen LogP contribution in [0.3, 0.4) is 0 Å². The minimum absolute atomic E-state index is 0.0567. The minimum Gasteiger partial charge on any atom is -0.295 e. The lowest BCUT2D eigenvalue weighted by Crippen LogP contribution is -2.14. The Bertz CT molecular complexity index is 778. The molecule has 0 amide bonds. The number of carbonyl (C=O) groups excluding carboxylic acids is 1. The number of anilines is 1. The molecule has 2 aromatic carbocycles. The van der Waals surface area contributed by atoms with Crippen molar-refractivity contribution in [1.29, 1.82) is 0 Å². The van der Waals surface area contributed by atoms with Gasteiger partial charge in [-0.1, -0.05) is 17.7 Å². The van der Waals surface area contributed by atoms with Crippen molar-refractivity contribution in [1.82, 2.24) is 0 Å². The molecule has 2 aromatic rings. The molecule has 21 heavy (non-hydrogen) atoms. The van der Waals surface area contributed by atoms with Crippen LogP contribution in [0.2, 0.25) is 0 Å². The highest BCUT2D eigenvalue weighted by atomic mass is 32.2. The first-order valence-electron chi connectivity index (χ1n) is 6.51. The van der Waals surface area contributed by atoms with Crippen molar-refractivity contribution in [3.05, 3.63) is 59.2 Å². The number of Topliss-reactive ketones (excluding diaryl/α,β-unsaturated/α-hetero) is 1. The van der Waals surface area contributed by atoms with Gasteiger partial charge in [0.1, 0.15) is 0 Å². The van der Waals surface area contributed by atoms with Crippen LogP contribution >= 0.6 is 0 Å². The first-order chi connectivity index (χ1) is 9.79. The van der Waals surface area contributed by atoms with Crippen LogP contribution in [0.1, 0.15) is 28.4 Å². The van der Waals surface area contributed by atoms with Gasteiger partial charge in [-0.15, -0.1) is 0 Å². The molecule has 0 saturated heterocycles. The number of nitrogens with one attached hydrogen (secondary N) is 1. The Morgan fingerprint density at radius 1 is 1.00 bits per heavy atom. The fourth-order valence-corrected chi connectivity index (χ4v) is 3.37. The lowest BCUT2D eigenvalue weighted by atomic mass is 10.1. The molecular weight excluding hydrogens is 286 g/mol. The van der Waals surface area contributed by atoms with Gasteiger partial charge in [0.25, 0.3) is 10.0 Å². The smallest absolute Gasteiger partial charge is 0.262 e. The van der Waals surface area contributed by atoms with Crippen molar-refractivity contribution in [2.24, 2.45) is 0 Å². The molecule has 0 radical (unpaired) electrons. The van der Waals surface area contributed by atoms with Crippen LogP contribution in [0.15, 0.2) is 47.4 Å². The quantitative estimate of drug-likeness (QED) is 0.881. The molecule has 0 unspecified atom stereocenters. The number of sulfonamides is 1. The van der Waals surface area contributed by atoms with Gasteiger partial charge in [-0.2, -0.15) is 0 Å². The average molecular weight is 303 g/mol. The number of rotatable bonds is 4. The van der Waals surface area contributed by atoms with E-state index in [0.29, 0.717) is 16.8 Å². The molecule has 5 heteroatoms. The Morgan fingerprint density at radius 2 is 1.62 bits per heavy atom. The fourth-order valence-electron chi connectivity index (χ4n) is 2.08. The predicted octanol–water partition coefficient (Wildman–Crippen LogP) is 3.31. The zero-order chi connectivity index (χ0) is 15.6. The third-order valence-corrected chi connectivity index (χ3v) is 4.71. The van der Waals surface area contributed by atoms with Crippen molar-refractivity contribution >= 4 is 21.5 Å². The summed E-state index contributed by atoms with van der Waals surface area (Å²) < 4.78 is 27.3. The Morgan fingerprint density at radius 3 is 2.14 bits per heavy atom. The Hall–Kier alpha value is -2.14. The first kappa shape index (κ1) is 15.3. The van der Waals surface area contributed by atoms with E-state index in [-0.39, 0.29) is 10.7 Å². The maximum absolute atomic E-state index is 12.4. The highest BCUT2D eigenvalue weighted by Crippen LogP contribution is 2.20. The highest BCUT2D eigenvalue weighted by Gasteiger charge is 2.16. The highest BCUT2D eigenvalue weighted by molar-refractivity contribution is 7.92. The molecule has 4 nitrogen and oxygen atoms in total. The van der Waals surface area contributed by atoms with Gasteiger partial charge < -0.3 is 0 Å². The molecule has 0 saturated carbocycles. The number of hydrogen-bond donors (Lipinski definition) is 1. The second-order valence-electron chi connectivity index (χ2n) is 5.01. The lowest BCUT2D eigenvalue weighted by molar-refractivity contribution is 0.101. The first-order valence-corrected chi connectivity index (χ1v) is 7.99. The van der Waals surface area contributed by atoms with Gasteiger partial charge in [-0.05, 0) is 56.7 Å². The second-order valence-corrected chi connectivity index (χ2v) is 6.66. The Balaban J connectivity index is 2.30. The molecule has 0 fully saturated rings. The largest absolute Gasteiger partial charge is 0.295 e. The Labute approximate surface area is 124 Å². The second kappa shape index (κ2) is 5.69. The van der Waals surface area contributed by atoms with E-state index in [0.717, 1.165) is 5.56 Å². The standard InChI is InChI=1S/C16H17NO3S/c1-11-4-9-16(12(2)10-11)21(19,20)17-15-7-5-14(6-8-15)13(3)18/h4-10,17H,1-3H3. The van der Waals surface area contributed by atoms with E-state index in [1.165, 1.54) is 6.92 Å². The lowest BCUT2D eigenvalue weighted by Gasteiger charge is -2.11. The summed E-state index contributed by atoms with van der Waals surface area (Å²) in [7, 11) is -3.63. The topological polar surface area (TPSA) is 63.2 Å². The van der Waals surface area contributed by atoms with E-state index < -0.39 is 10.0 Å². The third-order valence-electron chi connectivity index (χ3n) is 3.16. The van der Waals surface area contributed by atoms with Gasteiger partial charge in [-0.3, -0.25) is 9.52 Å². The van der Waals surface area contributed by atoms with Gasteiger partial charge in [0.05, 0.1) is 4.90 Å². The van der Waals surface area contributed by atoms with Crippen molar-refractivity contribution in [3.8, 4) is 0 Å². The van der Waals surface area contributed by atoms with E-state index in [2.05, 4.69) is 4.72 Å². The van der Waals surface area contributed by atoms with Crippen LogP contribution in [0.5, 0.6) is 0 Å². The predicted molar refractivity (Wildman–Crippen MR) is 83.2 cm³/mol. The zero-order valence-electron chi connectivity index (χ0n) is 12.2. The molecular formula is C16H17NO3S. The summed E-state index contributed by atoms with van der Waals surface area (Å²) in [6, 6.07) is 11.5. The molecule has 2 rings (SSSR count).